The van der Waals surface area contributed by atoms with Crippen LogP contribution in [-0.2, 0) is 13.1 Å². The number of tetrazole rings is 1. The van der Waals surface area contributed by atoms with Gasteiger partial charge >= 0.3 is 5.69 Å². The standard InChI is InChI=1S/C24H23N7O/c1-3-5-10-22-27-31(15-6-4-2)24(32)30(22)17-18-11-13-19(14-12-18)20-8-7-9-21(16-20)23-25-28-29-26-23/h5,7-14,16H,3,15,17H2,1-2H3,(H,25,26,28,29)/b10-5+. The Morgan fingerprint density at radius 3 is 2.62 bits per heavy atom. The van der Waals surface area contributed by atoms with Crippen molar-refractivity contribution in [1.29, 1.82) is 0 Å². The van der Waals surface area contributed by atoms with Crippen molar-refractivity contribution >= 4 is 6.08 Å². The fraction of sp³-hybridized carbons (Fsp3) is 0.208. The number of benzene rings is 2. The molecule has 8 nitrogen and oxygen atoms in total. The summed E-state index contributed by atoms with van der Waals surface area (Å²) in [4.78, 5) is 12.8. The van der Waals surface area contributed by atoms with Crippen molar-refractivity contribution in [1.82, 2.24) is 35.0 Å². The molecule has 0 aliphatic carbocycles. The summed E-state index contributed by atoms with van der Waals surface area (Å²) >= 11 is 0. The van der Waals surface area contributed by atoms with Crippen LogP contribution >= 0.6 is 0 Å². The Balaban J connectivity index is 1.60. The van der Waals surface area contributed by atoms with Crippen molar-refractivity contribution in [3.05, 3.63) is 76.5 Å². The minimum absolute atomic E-state index is 0.166. The van der Waals surface area contributed by atoms with E-state index in [1.54, 1.807) is 11.5 Å². The second-order valence-electron chi connectivity index (χ2n) is 7.15. The monoisotopic (exact) mass is 425 g/mol. The van der Waals surface area contributed by atoms with Crippen LogP contribution in [0.5, 0.6) is 0 Å². The molecule has 2 aromatic heterocycles. The van der Waals surface area contributed by atoms with E-state index in [4.69, 9.17) is 0 Å². The van der Waals surface area contributed by atoms with Gasteiger partial charge in [-0.15, -0.1) is 16.1 Å². The maximum atomic E-state index is 12.8. The third kappa shape index (κ3) is 4.57. The van der Waals surface area contributed by atoms with Gasteiger partial charge in [0.2, 0.25) is 0 Å². The van der Waals surface area contributed by atoms with Crippen LogP contribution in [0.15, 0.2) is 59.4 Å². The van der Waals surface area contributed by atoms with Gasteiger partial charge in [-0.3, -0.25) is 4.57 Å². The van der Waals surface area contributed by atoms with E-state index in [0.717, 1.165) is 28.7 Å². The summed E-state index contributed by atoms with van der Waals surface area (Å²) in [6.45, 7) is 4.52. The predicted molar refractivity (Wildman–Crippen MR) is 123 cm³/mol. The van der Waals surface area contributed by atoms with Crippen LogP contribution in [0.1, 0.15) is 31.7 Å². The van der Waals surface area contributed by atoms with Gasteiger partial charge in [-0.05, 0) is 52.6 Å². The molecule has 4 rings (SSSR count). The third-order valence-electron chi connectivity index (χ3n) is 4.97. The average Bonchev–Trinajstić information content (AvgIpc) is 3.46. The fourth-order valence-corrected chi connectivity index (χ4v) is 3.32. The van der Waals surface area contributed by atoms with Gasteiger partial charge in [0.05, 0.1) is 6.54 Å². The SMILES string of the molecule is CC#CCn1nc(/C=C/CC)n(Cc2ccc(-c3cccc(-c4nnn[nH]4)c3)cc2)c1=O. The normalized spacial score (nSPS) is 10.9. The molecular formula is C24H23N7O. The van der Waals surface area contributed by atoms with Gasteiger partial charge in [0.25, 0.3) is 0 Å². The van der Waals surface area contributed by atoms with Gasteiger partial charge in [-0.25, -0.2) is 14.6 Å². The van der Waals surface area contributed by atoms with Crippen LogP contribution in [0.4, 0.5) is 0 Å². The average molecular weight is 425 g/mol. The molecule has 0 fully saturated rings. The van der Waals surface area contributed by atoms with Crippen LogP contribution in [0.2, 0.25) is 0 Å². The van der Waals surface area contributed by atoms with E-state index in [1.165, 1.54) is 4.68 Å². The molecule has 160 valence electrons. The summed E-state index contributed by atoms with van der Waals surface area (Å²) < 4.78 is 3.08. The van der Waals surface area contributed by atoms with Crippen molar-refractivity contribution in [3.8, 4) is 34.4 Å². The van der Waals surface area contributed by atoms with Gasteiger partial charge in [0.15, 0.2) is 11.6 Å². The number of H-pyrrole nitrogens is 1. The third-order valence-corrected chi connectivity index (χ3v) is 4.97. The molecule has 0 spiro atoms. The highest BCUT2D eigenvalue weighted by Gasteiger charge is 2.11. The minimum Gasteiger partial charge on any atom is -0.271 e. The molecule has 0 bridgehead atoms. The van der Waals surface area contributed by atoms with Crippen molar-refractivity contribution in [3.63, 3.8) is 0 Å². The smallest absolute Gasteiger partial charge is 0.271 e. The summed E-state index contributed by atoms with van der Waals surface area (Å²) in [6.07, 6.45) is 4.75. The zero-order valence-electron chi connectivity index (χ0n) is 18.0. The van der Waals surface area contributed by atoms with E-state index in [0.29, 0.717) is 18.2 Å². The Labute approximate surface area is 185 Å². The zero-order valence-corrected chi connectivity index (χ0v) is 18.0. The number of hydrogen-bond donors (Lipinski definition) is 1. The Morgan fingerprint density at radius 2 is 1.91 bits per heavy atom. The molecular weight excluding hydrogens is 402 g/mol. The largest absolute Gasteiger partial charge is 0.347 e. The van der Waals surface area contributed by atoms with Crippen LogP contribution < -0.4 is 5.69 Å². The first kappa shape index (κ1) is 21.0. The van der Waals surface area contributed by atoms with Gasteiger partial charge < -0.3 is 0 Å². The molecule has 0 aliphatic heterocycles. The van der Waals surface area contributed by atoms with Crippen LogP contribution in [0.25, 0.3) is 28.6 Å². The molecule has 0 saturated heterocycles. The number of nitrogens with zero attached hydrogens (tertiary/aromatic N) is 6. The lowest BCUT2D eigenvalue weighted by molar-refractivity contribution is 0.657. The maximum absolute atomic E-state index is 12.8. The Morgan fingerprint density at radius 1 is 1.09 bits per heavy atom. The number of allylic oxidation sites excluding steroid dienone is 1. The number of nitrogens with one attached hydrogen (secondary N) is 1. The lowest BCUT2D eigenvalue weighted by Gasteiger charge is -2.07. The molecule has 2 aromatic carbocycles. The van der Waals surface area contributed by atoms with Crippen LogP contribution in [-0.4, -0.2) is 35.0 Å². The highest BCUT2D eigenvalue weighted by atomic mass is 16.2. The van der Waals surface area contributed by atoms with Crippen molar-refractivity contribution in [2.45, 2.75) is 33.4 Å². The molecule has 8 heteroatoms. The van der Waals surface area contributed by atoms with Gasteiger partial charge in [-0.2, -0.15) is 0 Å². The predicted octanol–water partition coefficient (Wildman–Crippen LogP) is 3.39. The molecule has 4 aromatic rings. The molecule has 0 atom stereocenters. The maximum Gasteiger partial charge on any atom is 0.347 e. The quantitative estimate of drug-likeness (QED) is 0.458. The molecule has 1 N–H and O–H groups in total. The molecule has 0 saturated carbocycles. The van der Waals surface area contributed by atoms with E-state index in [2.05, 4.69) is 37.6 Å². The van der Waals surface area contributed by atoms with E-state index in [1.807, 2.05) is 67.6 Å². The topological polar surface area (TPSA) is 94.3 Å². The number of hydrogen-bond acceptors (Lipinski definition) is 5. The first-order chi connectivity index (χ1) is 15.7. The second-order valence-corrected chi connectivity index (χ2v) is 7.15. The van der Waals surface area contributed by atoms with Crippen LogP contribution in [0.3, 0.4) is 0 Å². The first-order valence-corrected chi connectivity index (χ1v) is 10.4. The molecule has 0 radical (unpaired) electrons. The van der Waals surface area contributed by atoms with E-state index in [9.17, 15) is 4.79 Å². The summed E-state index contributed by atoms with van der Waals surface area (Å²) in [7, 11) is 0. The van der Waals surface area contributed by atoms with Gasteiger partial charge in [0.1, 0.15) is 6.54 Å². The molecule has 32 heavy (non-hydrogen) atoms. The number of rotatable bonds is 7. The highest BCUT2D eigenvalue weighted by Crippen LogP contribution is 2.24. The van der Waals surface area contributed by atoms with E-state index in [-0.39, 0.29) is 12.2 Å². The zero-order chi connectivity index (χ0) is 22.3. The number of aromatic nitrogens is 7. The van der Waals surface area contributed by atoms with Crippen molar-refractivity contribution in [2.75, 3.05) is 0 Å². The van der Waals surface area contributed by atoms with E-state index >= 15 is 0 Å². The second kappa shape index (κ2) is 9.71. The van der Waals surface area contributed by atoms with Crippen LogP contribution in [0, 0.1) is 11.8 Å². The Kier molecular flexibility index (Phi) is 6.37. The minimum atomic E-state index is -0.166. The van der Waals surface area contributed by atoms with Gasteiger partial charge in [-0.1, -0.05) is 61.4 Å². The summed E-state index contributed by atoms with van der Waals surface area (Å²) in [5.41, 5.74) is 3.88. The summed E-state index contributed by atoms with van der Waals surface area (Å²) in [6, 6.07) is 16.2. The molecule has 0 unspecified atom stereocenters. The Bertz CT molecular complexity index is 1330. The number of aromatic amines is 1. The lowest BCUT2D eigenvalue weighted by Crippen LogP contribution is -2.25. The van der Waals surface area contributed by atoms with Crippen molar-refractivity contribution in [2.24, 2.45) is 0 Å². The highest BCUT2D eigenvalue weighted by molar-refractivity contribution is 5.70. The molecule has 0 aliphatic rings. The summed E-state index contributed by atoms with van der Waals surface area (Å²) in [5.74, 6) is 6.97. The molecule has 0 amide bonds. The lowest BCUT2D eigenvalue weighted by atomic mass is 10.0. The molecule has 2 heterocycles. The summed E-state index contributed by atoms with van der Waals surface area (Å²) in [5, 5.41) is 18.5. The van der Waals surface area contributed by atoms with Gasteiger partial charge in [0, 0.05) is 5.56 Å². The first-order valence-electron chi connectivity index (χ1n) is 10.4. The van der Waals surface area contributed by atoms with E-state index < -0.39 is 0 Å². The fourth-order valence-electron chi connectivity index (χ4n) is 3.32. The Hall–Kier alpha value is -4.25. The van der Waals surface area contributed by atoms with Crippen molar-refractivity contribution < 1.29 is 0 Å².